The Labute approximate surface area is 158 Å². The first kappa shape index (κ1) is 18.1. The van der Waals surface area contributed by atoms with Crippen LogP contribution in [0.2, 0.25) is 0 Å². The number of rotatable bonds is 4. The summed E-state index contributed by atoms with van der Waals surface area (Å²) in [5, 5.41) is 4.10. The zero-order valence-electron chi connectivity index (χ0n) is 14.6. The quantitative estimate of drug-likeness (QED) is 0.732. The largest absolute Gasteiger partial charge is 0.438 e. The number of alkyl halides is 3. The Balaban J connectivity index is 1.43. The highest BCUT2D eigenvalue weighted by molar-refractivity contribution is 5.57. The highest BCUT2D eigenvalue weighted by Gasteiger charge is 2.30. The molecule has 3 aromatic rings. The van der Waals surface area contributed by atoms with Gasteiger partial charge in [-0.15, -0.1) is 0 Å². The van der Waals surface area contributed by atoms with E-state index in [4.69, 9.17) is 9.57 Å². The molecule has 9 heteroatoms. The van der Waals surface area contributed by atoms with Crippen LogP contribution in [-0.4, -0.2) is 14.8 Å². The van der Waals surface area contributed by atoms with Crippen LogP contribution in [0.4, 0.5) is 13.2 Å². The number of pyridine rings is 1. The molecule has 0 bridgehead atoms. The van der Waals surface area contributed by atoms with Crippen LogP contribution in [0.15, 0.2) is 66.9 Å². The van der Waals surface area contributed by atoms with Gasteiger partial charge in [-0.3, -0.25) is 14.5 Å². The van der Waals surface area contributed by atoms with Gasteiger partial charge in [0, 0.05) is 24.9 Å². The van der Waals surface area contributed by atoms with Gasteiger partial charge >= 0.3 is 6.18 Å². The topological polar surface area (TPSA) is 61.2 Å². The van der Waals surface area contributed by atoms with Gasteiger partial charge in [-0.25, -0.2) is 5.48 Å². The van der Waals surface area contributed by atoms with E-state index in [1.165, 1.54) is 12.1 Å². The van der Waals surface area contributed by atoms with Crippen LogP contribution in [0.1, 0.15) is 17.2 Å². The van der Waals surface area contributed by atoms with Crippen molar-refractivity contribution in [2.75, 3.05) is 0 Å². The van der Waals surface area contributed by atoms with Gasteiger partial charge in [-0.1, -0.05) is 12.1 Å². The zero-order chi connectivity index (χ0) is 19.7. The maximum atomic E-state index is 12.7. The van der Waals surface area contributed by atoms with Crippen molar-refractivity contribution in [1.29, 1.82) is 0 Å². The molecular formula is C19H15F3N4O2. The van der Waals surface area contributed by atoms with Crippen LogP contribution in [0, 0.1) is 0 Å². The number of hydroxylamine groups is 1. The summed E-state index contributed by atoms with van der Waals surface area (Å²) in [6.45, 7) is 0. The standard InChI is InChI=1S/C19H15F3N4O2/c1-26-11-13(9-24-26)16-7-6-15(10-23-16)27-18-8-17(28-25-18)12-2-4-14(5-3-12)19(20,21)22/h2-11,17,25H,1H3/t17-/m0/s1. The summed E-state index contributed by atoms with van der Waals surface area (Å²) in [7, 11) is 1.83. The number of halogens is 3. The molecule has 3 heterocycles. The summed E-state index contributed by atoms with van der Waals surface area (Å²) in [4.78, 5) is 9.70. The molecule has 0 unspecified atom stereocenters. The molecule has 1 atom stereocenters. The molecule has 0 spiro atoms. The lowest BCUT2D eigenvalue weighted by Crippen LogP contribution is -2.12. The van der Waals surface area contributed by atoms with Crippen molar-refractivity contribution in [3.05, 3.63) is 78.1 Å². The first-order valence-corrected chi connectivity index (χ1v) is 8.32. The normalized spacial score (nSPS) is 16.6. The number of hydrogen-bond acceptors (Lipinski definition) is 5. The Morgan fingerprint density at radius 2 is 1.89 bits per heavy atom. The van der Waals surface area contributed by atoms with Gasteiger partial charge in [-0.05, 0) is 29.8 Å². The molecule has 0 aliphatic carbocycles. The number of aryl methyl sites for hydroxylation is 1. The molecule has 0 fully saturated rings. The van der Waals surface area contributed by atoms with Crippen LogP contribution >= 0.6 is 0 Å². The minimum atomic E-state index is -4.37. The Morgan fingerprint density at radius 1 is 1.11 bits per heavy atom. The van der Waals surface area contributed by atoms with Crippen molar-refractivity contribution in [3.63, 3.8) is 0 Å². The number of nitrogens with one attached hydrogen (secondary N) is 1. The molecule has 6 nitrogen and oxygen atoms in total. The maximum absolute atomic E-state index is 12.7. The number of aromatic nitrogens is 3. The molecule has 0 saturated carbocycles. The van der Waals surface area contributed by atoms with Crippen LogP contribution in [0.5, 0.6) is 5.75 Å². The van der Waals surface area contributed by atoms with Crippen molar-refractivity contribution in [1.82, 2.24) is 20.2 Å². The number of nitrogens with zero attached hydrogens (tertiary/aromatic N) is 3. The van der Waals surface area contributed by atoms with Gasteiger partial charge < -0.3 is 4.74 Å². The molecule has 4 rings (SSSR count). The third-order valence-electron chi connectivity index (χ3n) is 4.12. The van der Waals surface area contributed by atoms with E-state index in [1.54, 1.807) is 35.3 Å². The van der Waals surface area contributed by atoms with Crippen LogP contribution in [-0.2, 0) is 18.1 Å². The van der Waals surface area contributed by atoms with Gasteiger partial charge in [0.2, 0.25) is 5.88 Å². The number of ether oxygens (including phenoxy) is 1. The summed E-state index contributed by atoms with van der Waals surface area (Å²) < 4.78 is 45.3. The van der Waals surface area contributed by atoms with Crippen molar-refractivity contribution in [2.24, 2.45) is 7.05 Å². The molecular weight excluding hydrogens is 373 g/mol. The lowest BCUT2D eigenvalue weighted by Gasteiger charge is -2.10. The van der Waals surface area contributed by atoms with E-state index >= 15 is 0 Å². The second-order valence-electron chi connectivity index (χ2n) is 6.18. The molecule has 1 N–H and O–H groups in total. The molecule has 1 aliphatic heterocycles. The summed E-state index contributed by atoms with van der Waals surface area (Å²) >= 11 is 0. The predicted octanol–water partition coefficient (Wildman–Crippen LogP) is 4.00. The van der Waals surface area contributed by atoms with Gasteiger partial charge in [0.25, 0.3) is 0 Å². The molecule has 144 valence electrons. The van der Waals surface area contributed by atoms with E-state index in [-0.39, 0.29) is 0 Å². The summed E-state index contributed by atoms with van der Waals surface area (Å²) in [6, 6.07) is 8.34. The van der Waals surface area contributed by atoms with Crippen LogP contribution < -0.4 is 10.2 Å². The van der Waals surface area contributed by atoms with E-state index in [9.17, 15) is 13.2 Å². The van der Waals surface area contributed by atoms with Crippen molar-refractivity contribution in [2.45, 2.75) is 12.3 Å². The van der Waals surface area contributed by atoms with E-state index in [0.717, 1.165) is 23.4 Å². The molecule has 28 heavy (non-hydrogen) atoms. The van der Waals surface area contributed by atoms with Gasteiger partial charge in [-0.2, -0.15) is 18.3 Å². The minimum Gasteiger partial charge on any atom is -0.438 e. The summed E-state index contributed by atoms with van der Waals surface area (Å²) in [5.74, 6) is 0.823. The fourth-order valence-electron chi connectivity index (χ4n) is 2.70. The Hall–Kier alpha value is -3.33. The SMILES string of the molecule is Cn1cc(-c2ccc(OC3=C[C@@H](c4ccc(C(F)(F)F)cc4)ON3)cn2)cn1. The lowest BCUT2D eigenvalue weighted by atomic mass is 10.1. The van der Waals surface area contributed by atoms with E-state index in [1.807, 2.05) is 13.2 Å². The second-order valence-corrected chi connectivity index (χ2v) is 6.18. The summed E-state index contributed by atoms with van der Waals surface area (Å²) in [5.41, 5.74) is 4.14. The molecule has 2 aromatic heterocycles. The Kier molecular flexibility index (Phi) is 4.52. The third kappa shape index (κ3) is 3.84. The highest BCUT2D eigenvalue weighted by atomic mass is 19.4. The van der Waals surface area contributed by atoms with Crippen molar-refractivity contribution >= 4 is 0 Å². The van der Waals surface area contributed by atoms with Crippen LogP contribution in [0.25, 0.3) is 11.3 Å². The van der Waals surface area contributed by atoms with Crippen LogP contribution in [0.3, 0.4) is 0 Å². The Bertz CT molecular complexity index is 995. The molecule has 1 aliphatic rings. The smallest absolute Gasteiger partial charge is 0.416 e. The monoisotopic (exact) mass is 388 g/mol. The predicted molar refractivity (Wildman–Crippen MR) is 93.6 cm³/mol. The zero-order valence-corrected chi connectivity index (χ0v) is 14.6. The maximum Gasteiger partial charge on any atom is 0.416 e. The third-order valence-corrected chi connectivity index (χ3v) is 4.12. The second kappa shape index (κ2) is 7.01. The van der Waals surface area contributed by atoms with E-state index in [0.29, 0.717) is 17.2 Å². The van der Waals surface area contributed by atoms with E-state index < -0.39 is 17.8 Å². The summed E-state index contributed by atoms with van der Waals surface area (Å²) in [6.07, 6.45) is 1.85. The number of benzene rings is 1. The first-order valence-electron chi connectivity index (χ1n) is 8.32. The van der Waals surface area contributed by atoms with Gasteiger partial charge in [0.05, 0.1) is 23.7 Å². The molecule has 0 saturated heterocycles. The lowest BCUT2D eigenvalue weighted by molar-refractivity contribution is -0.137. The Morgan fingerprint density at radius 3 is 2.50 bits per heavy atom. The number of hydrogen-bond donors (Lipinski definition) is 1. The minimum absolute atomic E-state index is 0.334. The average molecular weight is 388 g/mol. The van der Waals surface area contributed by atoms with Crippen molar-refractivity contribution < 1.29 is 22.7 Å². The van der Waals surface area contributed by atoms with E-state index in [2.05, 4.69) is 15.6 Å². The fourth-order valence-corrected chi connectivity index (χ4v) is 2.70. The fraction of sp³-hybridized carbons (Fsp3) is 0.158. The van der Waals surface area contributed by atoms with Gasteiger partial charge in [0.1, 0.15) is 11.9 Å². The highest BCUT2D eigenvalue weighted by Crippen LogP contribution is 2.32. The average Bonchev–Trinajstić information content (AvgIpc) is 3.31. The molecule has 0 amide bonds. The molecule has 1 aromatic carbocycles. The first-order chi connectivity index (χ1) is 13.4. The van der Waals surface area contributed by atoms with Gasteiger partial charge in [0.15, 0.2) is 0 Å². The molecule has 0 radical (unpaired) electrons. The van der Waals surface area contributed by atoms with Crippen molar-refractivity contribution in [3.8, 4) is 17.0 Å².